The van der Waals surface area contributed by atoms with Crippen molar-refractivity contribution < 1.29 is 4.79 Å². The molecule has 4 saturated carbocycles. The minimum atomic E-state index is -0.273. The number of hydrogen-bond donors (Lipinski definition) is 1. The molecule has 1 N–H and O–H groups in total. The zero-order valence-corrected chi connectivity index (χ0v) is 14.6. The van der Waals surface area contributed by atoms with Gasteiger partial charge in [0.15, 0.2) is 5.82 Å². The summed E-state index contributed by atoms with van der Waals surface area (Å²) in [6, 6.07) is 3.79. The first-order valence-electron chi connectivity index (χ1n) is 8.52. The van der Waals surface area contributed by atoms with Gasteiger partial charge in [0.25, 0.3) is 0 Å². The third-order valence-corrected chi connectivity index (χ3v) is 6.37. The van der Waals surface area contributed by atoms with Gasteiger partial charge in [-0.05, 0) is 62.5 Å². The van der Waals surface area contributed by atoms with Gasteiger partial charge >= 0.3 is 0 Å². The van der Waals surface area contributed by atoms with Crippen LogP contribution in [-0.4, -0.2) is 29.9 Å². The van der Waals surface area contributed by atoms with Crippen LogP contribution in [0.5, 0.6) is 0 Å². The molecule has 0 aliphatic heterocycles. The number of amides is 1. The normalized spacial score (nSPS) is 37.7. The Morgan fingerprint density at radius 3 is 2.61 bits per heavy atom. The van der Waals surface area contributed by atoms with Crippen molar-refractivity contribution in [3.05, 3.63) is 18.3 Å². The van der Waals surface area contributed by atoms with Gasteiger partial charge in [0.1, 0.15) is 0 Å². The largest absolute Gasteiger partial charge is 0.361 e. The second kappa shape index (κ2) is 5.10. The van der Waals surface area contributed by atoms with E-state index in [-0.39, 0.29) is 16.2 Å². The highest BCUT2D eigenvalue weighted by atomic mass is 35.5. The third kappa shape index (κ3) is 2.51. The summed E-state index contributed by atoms with van der Waals surface area (Å²) in [7, 11) is 3.88. The van der Waals surface area contributed by atoms with Gasteiger partial charge in [0, 0.05) is 25.2 Å². The molecular weight excluding hydrogens is 310 g/mol. The van der Waals surface area contributed by atoms with Crippen LogP contribution < -0.4 is 10.2 Å². The second-order valence-electron chi connectivity index (χ2n) is 8.12. The van der Waals surface area contributed by atoms with Crippen molar-refractivity contribution in [2.75, 3.05) is 24.3 Å². The molecule has 1 aromatic heterocycles. The van der Waals surface area contributed by atoms with Gasteiger partial charge in [-0.2, -0.15) is 0 Å². The second-order valence-corrected chi connectivity index (χ2v) is 8.92. The molecule has 1 amide bonds. The summed E-state index contributed by atoms with van der Waals surface area (Å²) in [5, 5.41) is 3.16. The maximum atomic E-state index is 13.2. The number of alkyl halides is 1. The fourth-order valence-electron chi connectivity index (χ4n) is 5.52. The van der Waals surface area contributed by atoms with E-state index in [1.54, 1.807) is 6.20 Å². The molecule has 2 unspecified atom stereocenters. The number of carbonyl (C=O) groups excluding carboxylic acids is 1. The first-order valence-corrected chi connectivity index (χ1v) is 8.90. The van der Waals surface area contributed by atoms with Crippen molar-refractivity contribution in [1.82, 2.24) is 4.98 Å². The third-order valence-electron chi connectivity index (χ3n) is 5.93. The minimum Gasteiger partial charge on any atom is -0.361 e. The standard InChI is InChI=1S/C18H24ClN3O/c1-22(2)15-14(4-3-5-20-15)21-16(23)17-7-12-6-13(8-17)10-18(19,9-12)11-17/h3-5,12-13H,6-11H2,1-2H3,(H,21,23). The van der Waals surface area contributed by atoms with Crippen molar-refractivity contribution in [3.8, 4) is 0 Å². The Labute approximate surface area is 142 Å². The van der Waals surface area contributed by atoms with Gasteiger partial charge in [0.2, 0.25) is 5.91 Å². The molecular formula is C18H24ClN3O. The molecule has 1 heterocycles. The lowest BCUT2D eigenvalue weighted by atomic mass is 9.49. The number of rotatable bonds is 3. The van der Waals surface area contributed by atoms with E-state index in [4.69, 9.17) is 11.6 Å². The SMILES string of the molecule is CN(C)c1ncccc1NC(=O)C12CC3CC(CC(Cl)(C3)C1)C2. The van der Waals surface area contributed by atoms with Crippen LogP contribution in [0.1, 0.15) is 38.5 Å². The van der Waals surface area contributed by atoms with Crippen LogP contribution >= 0.6 is 11.6 Å². The Kier molecular flexibility index (Phi) is 3.38. The van der Waals surface area contributed by atoms with Crippen molar-refractivity contribution in [3.63, 3.8) is 0 Å². The van der Waals surface area contributed by atoms with Crippen molar-refractivity contribution in [1.29, 1.82) is 0 Å². The van der Waals surface area contributed by atoms with Gasteiger partial charge in [0.05, 0.1) is 11.1 Å². The van der Waals surface area contributed by atoms with Gasteiger partial charge in [-0.15, -0.1) is 11.6 Å². The number of pyridine rings is 1. The van der Waals surface area contributed by atoms with E-state index in [1.165, 1.54) is 6.42 Å². The van der Waals surface area contributed by atoms with Crippen molar-refractivity contribution >= 4 is 29.0 Å². The van der Waals surface area contributed by atoms with Crippen molar-refractivity contribution in [2.24, 2.45) is 17.3 Å². The number of hydrogen-bond acceptors (Lipinski definition) is 3. The molecule has 2 atom stereocenters. The summed E-state index contributed by atoms with van der Waals surface area (Å²) in [5.41, 5.74) is 0.521. The van der Waals surface area contributed by atoms with Crippen LogP contribution in [0, 0.1) is 17.3 Å². The first-order chi connectivity index (χ1) is 10.9. The Morgan fingerprint density at radius 1 is 1.30 bits per heavy atom. The van der Waals surface area contributed by atoms with Crippen LogP contribution in [-0.2, 0) is 4.79 Å². The first kappa shape index (κ1) is 15.3. The predicted octanol–water partition coefficient (Wildman–Crippen LogP) is 3.66. The molecule has 124 valence electrons. The number of halogens is 1. The van der Waals surface area contributed by atoms with Gasteiger partial charge in [-0.1, -0.05) is 0 Å². The maximum absolute atomic E-state index is 13.2. The number of nitrogens with zero attached hydrogens (tertiary/aromatic N) is 2. The summed E-state index contributed by atoms with van der Waals surface area (Å²) in [6.45, 7) is 0. The lowest BCUT2D eigenvalue weighted by molar-refractivity contribution is -0.138. The molecule has 0 saturated heterocycles. The van der Waals surface area contributed by atoms with E-state index >= 15 is 0 Å². The fourth-order valence-corrected chi connectivity index (χ4v) is 6.21. The number of carbonyl (C=O) groups is 1. The highest BCUT2D eigenvalue weighted by Crippen LogP contribution is 2.64. The minimum absolute atomic E-state index is 0.138. The zero-order chi connectivity index (χ0) is 16.2. The van der Waals surface area contributed by atoms with E-state index in [0.717, 1.165) is 43.6 Å². The van der Waals surface area contributed by atoms with Gasteiger partial charge in [-0.3, -0.25) is 4.79 Å². The fraction of sp³-hybridized carbons (Fsp3) is 0.667. The molecule has 0 spiro atoms. The lowest BCUT2D eigenvalue weighted by Crippen LogP contribution is -2.57. The average molecular weight is 334 g/mol. The zero-order valence-electron chi connectivity index (χ0n) is 13.8. The Morgan fingerprint density at radius 2 is 2.00 bits per heavy atom. The lowest BCUT2D eigenvalue weighted by Gasteiger charge is -2.59. The Hall–Kier alpha value is -1.29. The summed E-state index contributed by atoms with van der Waals surface area (Å²) in [5.74, 6) is 2.20. The highest BCUT2D eigenvalue weighted by molar-refractivity contribution is 6.24. The van der Waals surface area contributed by atoms with Gasteiger partial charge < -0.3 is 10.2 Å². The summed E-state index contributed by atoms with van der Waals surface area (Å²) in [4.78, 5) is 19.3. The van der Waals surface area contributed by atoms with Crippen LogP contribution in [0.3, 0.4) is 0 Å². The van der Waals surface area contributed by atoms with Gasteiger partial charge in [-0.25, -0.2) is 4.98 Å². The molecule has 1 aromatic rings. The van der Waals surface area contributed by atoms with Crippen molar-refractivity contribution in [2.45, 2.75) is 43.4 Å². The topological polar surface area (TPSA) is 45.2 Å². The molecule has 4 nitrogen and oxygen atoms in total. The van der Waals surface area contributed by atoms with Crippen LogP contribution in [0.15, 0.2) is 18.3 Å². The number of anilines is 2. The van der Waals surface area contributed by atoms with Crippen LogP contribution in [0.25, 0.3) is 0 Å². The monoisotopic (exact) mass is 333 g/mol. The summed E-state index contributed by atoms with van der Waals surface area (Å²) >= 11 is 6.85. The number of nitrogens with one attached hydrogen (secondary N) is 1. The predicted molar refractivity (Wildman–Crippen MR) is 92.9 cm³/mol. The van der Waals surface area contributed by atoms with Crippen LogP contribution in [0.4, 0.5) is 11.5 Å². The molecule has 0 aromatic carbocycles. The Balaban J connectivity index is 1.61. The molecule has 4 aliphatic carbocycles. The average Bonchev–Trinajstić information content (AvgIpc) is 2.45. The van der Waals surface area contributed by atoms with E-state index in [0.29, 0.717) is 11.8 Å². The molecule has 4 fully saturated rings. The Bertz CT molecular complexity index is 631. The summed E-state index contributed by atoms with van der Waals surface area (Å²) < 4.78 is 0. The van der Waals surface area contributed by atoms with E-state index in [9.17, 15) is 4.79 Å². The highest BCUT2D eigenvalue weighted by Gasteiger charge is 2.60. The molecule has 5 heteroatoms. The maximum Gasteiger partial charge on any atom is 0.230 e. The smallest absolute Gasteiger partial charge is 0.230 e. The molecule has 23 heavy (non-hydrogen) atoms. The van der Waals surface area contributed by atoms with E-state index in [2.05, 4.69) is 10.3 Å². The van der Waals surface area contributed by atoms with Crippen LogP contribution in [0.2, 0.25) is 0 Å². The quantitative estimate of drug-likeness (QED) is 0.858. The van der Waals surface area contributed by atoms with E-state index in [1.807, 2.05) is 31.1 Å². The molecule has 0 radical (unpaired) electrons. The molecule has 4 aliphatic rings. The molecule has 5 rings (SSSR count). The number of aromatic nitrogens is 1. The molecule has 4 bridgehead atoms. The summed E-state index contributed by atoms with van der Waals surface area (Å²) in [6.07, 6.45) is 8.04. The van der Waals surface area contributed by atoms with E-state index < -0.39 is 0 Å².